The van der Waals surface area contributed by atoms with Crippen molar-refractivity contribution in [1.29, 1.82) is 0 Å². The molecule has 1 atom stereocenters. The number of nitrogens with zero attached hydrogens (tertiary/aromatic N) is 3. The van der Waals surface area contributed by atoms with Crippen molar-refractivity contribution in [3.8, 4) is 0 Å². The monoisotopic (exact) mass is 258 g/mol. The molecule has 1 unspecified atom stereocenters. The fraction of sp³-hybridized carbons (Fsp3) is 0.533. The minimum absolute atomic E-state index is 0.615. The summed E-state index contributed by atoms with van der Waals surface area (Å²) in [6, 6.07) is 5.15. The van der Waals surface area contributed by atoms with E-state index in [1.54, 1.807) is 0 Å². The molecule has 0 aromatic carbocycles. The fourth-order valence-corrected chi connectivity index (χ4v) is 3.22. The van der Waals surface area contributed by atoms with E-state index in [9.17, 15) is 0 Å². The summed E-state index contributed by atoms with van der Waals surface area (Å²) in [6.07, 6.45) is 7.53. The highest BCUT2D eigenvalue weighted by Crippen LogP contribution is 2.24. The highest BCUT2D eigenvalue weighted by molar-refractivity contribution is 5.68. The maximum absolute atomic E-state index is 5.98. The Morgan fingerprint density at radius 3 is 3.11 bits per heavy atom. The molecule has 4 heteroatoms. The number of aromatic nitrogens is 2. The zero-order valence-electron chi connectivity index (χ0n) is 11.7. The highest BCUT2D eigenvalue weighted by Gasteiger charge is 2.27. The first-order valence-electron chi connectivity index (χ1n) is 7.13. The number of imidazole rings is 1. The Hall–Kier alpha value is -1.55. The van der Waals surface area contributed by atoms with Gasteiger partial charge in [-0.2, -0.15) is 0 Å². The second kappa shape index (κ2) is 4.85. The number of anilines is 1. The predicted molar refractivity (Wildman–Crippen MR) is 78.2 cm³/mol. The average Bonchev–Trinajstić information content (AvgIpc) is 2.98. The van der Waals surface area contributed by atoms with E-state index in [4.69, 9.17) is 5.73 Å². The summed E-state index contributed by atoms with van der Waals surface area (Å²) < 4.78 is 2.13. The molecule has 102 valence electrons. The molecule has 3 heterocycles. The van der Waals surface area contributed by atoms with Crippen LogP contribution < -0.4 is 5.73 Å². The minimum Gasteiger partial charge on any atom is -0.397 e. The zero-order valence-corrected chi connectivity index (χ0v) is 11.7. The van der Waals surface area contributed by atoms with Crippen LogP contribution in [-0.4, -0.2) is 32.9 Å². The van der Waals surface area contributed by atoms with Crippen LogP contribution in [0.25, 0.3) is 5.52 Å². The standard InChI is InChI=1S/C15H22N4/c1-11(2)18-7-3-5-12(18)9-15-17-10-14-13(16)6-4-8-19(14)15/h4,6,8,10-12H,3,5,7,9,16H2,1-2H3. The number of nitrogens with two attached hydrogens (primary N) is 1. The molecule has 0 radical (unpaired) electrons. The Morgan fingerprint density at radius 1 is 1.47 bits per heavy atom. The first-order valence-corrected chi connectivity index (χ1v) is 7.13. The molecular weight excluding hydrogens is 236 g/mol. The van der Waals surface area contributed by atoms with Crippen LogP contribution in [0.5, 0.6) is 0 Å². The number of hydrogen-bond donors (Lipinski definition) is 1. The summed E-state index contributed by atoms with van der Waals surface area (Å²) in [5.74, 6) is 1.12. The Kier molecular flexibility index (Phi) is 3.19. The van der Waals surface area contributed by atoms with E-state index in [0.717, 1.165) is 23.4 Å². The van der Waals surface area contributed by atoms with E-state index in [2.05, 4.69) is 34.3 Å². The molecule has 1 aliphatic heterocycles. The van der Waals surface area contributed by atoms with E-state index >= 15 is 0 Å². The molecule has 4 nitrogen and oxygen atoms in total. The van der Waals surface area contributed by atoms with Crippen LogP contribution in [0.3, 0.4) is 0 Å². The highest BCUT2D eigenvalue weighted by atomic mass is 15.2. The number of pyridine rings is 1. The molecule has 3 rings (SSSR count). The number of hydrogen-bond acceptors (Lipinski definition) is 3. The van der Waals surface area contributed by atoms with Gasteiger partial charge in [0.2, 0.25) is 0 Å². The van der Waals surface area contributed by atoms with Crippen LogP contribution in [0.15, 0.2) is 24.5 Å². The molecule has 0 amide bonds. The van der Waals surface area contributed by atoms with Gasteiger partial charge in [-0.25, -0.2) is 4.98 Å². The zero-order chi connectivity index (χ0) is 13.4. The van der Waals surface area contributed by atoms with Crippen molar-refractivity contribution >= 4 is 11.2 Å². The van der Waals surface area contributed by atoms with Crippen LogP contribution in [0.2, 0.25) is 0 Å². The lowest BCUT2D eigenvalue weighted by molar-refractivity contribution is 0.201. The van der Waals surface area contributed by atoms with Crippen LogP contribution in [0.1, 0.15) is 32.5 Å². The Morgan fingerprint density at radius 2 is 2.32 bits per heavy atom. The Labute approximate surface area is 114 Å². The van der Waals surface area contributed by atoms with Gasteiger partial charge >= 0.3 is 0 Å². The summed E-state index contributed by atoms with van der Waals surface area (Å²) >= 11 is 0. The first kappa shape index (κ1) is 12.5. The van der Waals surface area contributed by atoms with Gasteiger partial charge in [-0.3, -0.25) is 4.90 Å². The third-order valence-electron chi connectivity index (χ3n) is 4.18. The number of nitrogen functional groups attached to an aromatic ring is 1. The smallest absolute Gasteiger partial charge is 0.114 e. The lowest BCUT2D eigenvalue weighted by Crippen LogP contribution is -2.37. The number of fused-ring (bicyclic) bond motifs is 1. The van der Waals surface area contributed by atoms with Crippen molar-refractivity contribution in [2.24, 2.45) is 0 Å². The van der Waals surface area contributed by atoms with Crippen molar-refractivity contribution in [1.82, 2.24) is 14.3 Å². The molecule has 0 aliphatic carbocycles. The van der Waals surface area contributed by atoms with Crippen LogP contribution in [-0.2, 0) is 6.42 Å². The van der Waals surface area contributed by atoms with Crippen molar-refractivity contribution < 1.29 is 0 Å². The van der Waals surface area contributed by atoms with Gasteiger partial charge in [-0.05, 0) is 45.4 Å². The maximum Gasteiger partial charge on any atom is 0.114 e. The van der Waals surface area contributed by atoms with Gasteiger partial charge in [0, 0.05) is 24.7 Å². The van der Waals surface area contributed by atoms with Crippen molar-refractivity contribution in [2.75, 3.05) is 12.3 Å². The van der Waals surface area contributed by atoms with Crippen LogP contribution >= 0.6 is 0 Å². The third kappa shape index (κ3) is 2.21. The molecule has 2 aromatic rings. The quantitative estimate of drug-likeness (QED) is 0.919. The van der Waals surface area contributed by atoms with Gasteiger partial charge in [0.25, 0.3) is 0 Å². The molecule has 0 saturated carbocycles. The summed E-state index contributed by atoms with van der Waals surface area (Å²) in [5, 5.41) is 0. The molecule has 1 fully saturated rings. The molecule has 1 saturated heterocycles. The summed E-state index contributed by atoms with van der Waals surface area (Å²) in [6.45, 7) is 5.77. The molecule has 1 aliphatic rings. The van der Waals surface area contributed by atoms with Crippen LogP contribution in [0, 0.1) is 0 Å². The predicted octanol–water partition coefficient (Wildman–Crippen LogP) is 2.33. The largest absolute Gasteiger partial charge is 0.397 e. The lowest BCUT2D eigenvalue weighted by Gasteiger charge is -2.27. The lowest BCUT2D eigenvalue weighted by atomic mass is 10.1. The van der Waals surface area contributed by atoms with E-state index < -0.39 is 0 Å². The van der Waals surface area contributed by atoms with E-state index in [-0.39, 0.29) is 0 Å². The summed E-state index contributed by atoms with van der Waals surface area (Å²) in [7, 11) is 0. The number of likely N-dealkylation sites (tertiary alicyclic amines) is 1. The van der Waals surface area contributed by atoms with Gasteiger partial charge in [0.1, 0.15) is 5.82 Å². The van der Waals surface area contributed by atoms with E-state index in [0.29, 0.717) is 12.1 Å². The Balaban J connectivity index is 1.87. The second-order valence-corrected chi connectivity index (χ2v) is 5.72. The topological polar surface area (TPSA) is 46.6 Å². The van der Waals surface area contributed by atoms with Crippen LogP contribution in [0.4, 0.5) is 5.69 Å². The summed E-state index contributed by atoms with van der Waals surface area (Å²) in [4.78, 5) is 7.16. The molecule has 2 aromatic heterocycles. The summed E-state index contributed by atoms with van der Waals surface area (Å²) in [5.41, 5.74) is 7.80. The van der Waals surface area contributed by atoms with E-state index in [1.165, 1.54) is 19.4 Å². The minimum atomic E-state index is 0.615. The van der Waals surface area contributed by atoms with Gasteiger partial charge in [0.05, 0.1) is 17.4 Å². The van der Waals surface area contributed by atoms with E-state index in [1.807, 2.05) is 18.3 Å². The van der Waals surface area contributed by atoms with Crippen molar-refractivity contribution in [3.05, 3.63) is 30.4 Å². The molecular formula is C15H22N4. The van der Waals surface area contributed by atoms with Gasteiger partial charge < -0.3 is 10.1 Å². The number of rotatable bonds is 3. The van der Waals surface area contributed by atoms with Crippen molar-refractivity contribution in [2.45, 2.75) is 45.2 Å². The molecule has 0 bridgehead atoms. The maximum atomic E-state index is 5.98. The second-order valence-electron chi connectivity index (χ2n) is 5.72. The van der Waals surface area contributed by atoms with Gasteiger partial charge in [-0.1, -0.05) is 0 Å². The molecule has 19 heavy (non-hydrogen) atoms. The molecule has 2 N–H and O–H groups in total. The fourth-order valence-electron chi connectivity index (χ4n) is 3.22. The average molecular weight is 258 g/mol. The van der Waals surface area contributed by atoms with Gasteiger partial charge in [0.15, 0.2) is 0 Å². The molecule has 0 spiro atoms. The SMILES string of the molecule is CC(C)N1CCCC1Cc1ncc2c(N)cccn12. The van der Waals surface area contributed by atoms with Crippen molar-refractivity contribution in [3.63, 3.8) is 0 Å². The van der Waals surface area contributed by atoms with Gasteiger partial charge in [-0.15, -0.1) is 0 Å². The Bertz CT molecular complexity index is 573. The normalized spacial score (nSPS) is 20.7. The third-order valence-corrected chi connectivity index (χ3v) is 4.18. The first-order chi connectivity index (χ1) is 9.16.